The third kappa shape index (κ3) is 2.26. The standard InChI is InChI=1S/C16H12INO3S/c1-11(19)15-13-9-5-6-10-14(13)18(16(15)17)22(20,21)12-7-3-2-4-8-12/h2-10H,1H3. The molecule has 0 aliphatic heterocycles. The number of Topliss-reactive ketones (excluding diaryl/α,β-unsaturated/α-hetero) is 1. The maximum absolute atomic E-state index is 13.0. The molecule has 0 saturated heterocycles. The summed E-state index contributed by atoms with van der Waals surface area (Å²) in [7, 11) is -3.75. The van der Waals surface area contributed by atoms with Gasteiger partial charge < -0.3 is 0 Å². The van der Waals surface area contributed by atoms with E-state index in [1.54, 1.807) is 54.6 Å². The summed E-state index contributed by atoms with van der Waals surface area (Å²) in [5.74, 6) is -0.150. The van der Waals surface area contributed by atoms with Gasteiger partial charge in [0.05, 0.1) is 16.0 Å². The van der Waals surface area contributed by atoms with Crippen LogP contribution in [0.15, 0.2) is 59.5 Å². The van der Waals surface area contributed by atoms with Gasteiger partial charge in [-0.05, 0) is 47.7 Å². The van der Waals surface area contributed by atoms with Gasteiger partial charge in [0.15, 0.2) is 5.78 Å². The first-order chi connectivity index (χ1) is 10.4. The zero-order valence-corrected chi connectivity index (χ0v) is 14.6. The molecule has 112 valence electrons. The van der Waals surface area contributed by atoms with E-state index < -0.39 is 10.0 Å². The van der Waals surface area contributed by atoms with Crippen molar-refractivity contribution < 1.29 is 13.2 Å². The summed E-state index contributed by atoms with van der Waals surface area (Å²) >= 11 is 1.92. The van der Waals surface area contributed by atoms with Gasteiger partial charge in [0, 0.05) is 5.39 Å². The fourth-order valence-electron chi connectivity index (χ4n) is 2.45. The topological polar surface area (TPSA) is 56.1 Å². The monoisotopic (exact) mass is 425 g/mol. The summed E-state index contributed by atoms with van der Waals surface area (Å²) in [6.45, 7) is 1.45. The molecule has 0 saturated carbocycles. The second-order valence-electron chi connectivity index (χ2n) is 4.82. The third-order valence-electron chi connectivity index (χ3n) is 3.41. The lowest BCUT2D eigenvalue weighted by Gasteiger charge is -2.09. The fraction of sp³-hybridized carbons (Fsp3) is 0.0625. The smallest absolute Gasteiger partial charge is 0.269 e. The molecule has 3 aromatic rings. The van der Waals surface area contributed by atoms with Crippen LogP contribution in [0.2, 0.25) is 0 Å². The Balaban J connectivity index is 2.42. The molecule has 3 rings (SSSR count). The predicted molar refractivity (Wildman–Crippen MR) is 93.7 cm³/mol. The second-order valence-corrected chi connectivity index (χ2v) is 7.63. The van der Waals surface area contributed by atoms with Crippen molar-refractivity contribution in [2.75, 3.05) is 0 Å². The predicted octanol–water partition coefficient (Wildman–Crippen LogP) is 3.69. The first kappa shape index (κ1) is 15.2. The number of aromatic nitrogens is 1. The molecular formula is C16H12INO3S. The van der Waals surface area contributed by atoms with E-state index in [-0.39, 0.29) is 10.7 Å². The molecule has 6 heteroatoms. The van der Waals surface area contributed by atoms with Crippen molar-refractivity contribution in [3.63, 3.8) is 0 Å². The van der Waals surface area contributed by atoms with Crippen LogP contribution in [0.3, 0.4) is 0 Å². The van der Waals surface area contributed by atoms with E-state index in [0.29, 0.717) is 20.2 Å². The zero-order chi connectivity index (χ0) is 15.9. The van der Waals surface area contributed by atoms with E-state index in [4.69, 9.17) is 0 Å². The number of fused-ring (bicyclic) bond motifs is 1. The number of para-hydroxylation sites is 1. The van der Waals surface area contributed by atoms with Gasteiger partial charge in [-0.3, -0.25) is 4.79 Å². The minimum Gasteiger partial charge on any atom is -0.294 e. The van der Waals surface area contributed by atoms with E-state index >= 15 is 0 Å². The number of halogens is 1. The summed E-state index contributed by atoms with van der Waals surface area (Å²) in [5.41, 5.74) is 0.955. The molecule has 22 heavy (non-hydrogen) atoms. The van der Waals surface area contributed by atoms with Crippen LogP contribution < -0.4 is 0 Å². The summed E-state index contributed by atoms with van der Waals surface area (Å²) in [4.78, 5) is 12.1. The van der Waals surface area contributed by atoms with Gasteiger partial charge in [0.1, 0.15) is 3.70 Å². The molecule has 4 nitrogen and oxygen atoms in total. The Morgan fingerprint density at radius 2 is 1.59 bits per heavy atom. The first-order valence-electron chi connectivity index (χ1n) is 6.55. The summed E-state index contributed by atoms with van der Waals surface area (Å²) in [6, 6.07) is 15.3. The highest BCUT2D eigenvalue weighted by atomic mass is 127. The van der Waals surface area contributed by atoms with Crippen molar-refractivity contribution in [2.45, 2.75) is 11.8 Å². The van der Waals surface area contributed by atoms with Crippen LogP contribution in [0.25, 0.3) is 10.9 Å². The van der Waals surface area contributed by atoms with Crippen LogP contribution in [-0.2, 0) is 10.0 Å². The number of hydrogen-bond donors (Lipinski definition) is 0. The third-order valence-corrected chi connectivity index (χ3v) is 6.49. The minimum absolute atomic E-state index is 0.150. The highest BCUT2D eigenvalue weighted by molar-refractivity contribution is 14.1. The van der Waals surface area contributed by atoms with E-state index in [1.807, 2.05) is 22.6 Å². The van der Waals surface area contributed by atoms with E-state index in [9.17, 15) is 13.2 Å². The molecule has 1 heterocycles. The molecule has 0 unspecified atom stereocenters. The Bertz CT molecular complexity index is 975. The summed E-state index contributed by atoms with van der Waals surface area (Å²) < 4.78 is 27.6. The summed E-state index contributed by atoms with van der Waals surface area (Å²) in [6.07, 6.45) is 0. The van der Waals surface area contributed by atoms with E-state index in [2.05, 4.69) is 0 Å². The van der Waals surface area contributed by atoms with Gasteiger partial charge in [-0.2, -0.15) is 0 Å². The Morgan fingerprint density at radius 3 is 2.23 bits per heavy atom. The van der Waals surface area contributed by atoms with Crippen molar-refractivity contribution in [3.8, 4) is 0 Å². The van der Waals surface area contributed by atoms with Gasteiger partial charge in [-0.1, -0.05) is 36.4 Å². The lowest BCUT2D eigenvalue weighted by Crippen LogP contribution is -2.15. The van der Waals surface area contributed by atoms with Crippen LogP contribution in [0.1, 0.15) is 17.3 Å². The molecule has 0 radical (unpaired) electrons. The molecule has 0 spiro atoms. The Labute approximate surface area is 142 Å². The quantitative estimate of drug-likeness (QED) is 0.475. The number of rotatable bonds is 3. The molecule has 0 atom stereocenters. The maximum Gasteiger partial charge on any atom is 0.269 e. The van der Waals surface area contributed by atoms with Crippen LogP contribution in [0, 0.1) is 3.70 Å². The molecule has 1 aromatic heterocycles. The van der Waals surface area contributed by atoms with Crippen molar-refractivity contribution in [1.29, 1.82) is 0 Å². The zero-order valence-electron chi connectivity index (χ0n) is 11.7. The molecule has 0 aliphatic carbocycles. The Morgan fingerprint density at radius 1 is 1.00 bits per heavy atom. The van der Waals surface area contributed by atoms with Crippen LogP contribution >= 0.6 is 22.6 Å². The van der Waals surface area contributed by atoms with Gasteiger partial charge in [0.2, 0.25) is 0 Å². The Kier molecular flexibility index (Phi) is 3.82. The molecule has 0 aliphatic rings. The van der Waals surface area contributed by atoms with Crippen LogP contribution in [0.4, 0.5) is 0 Å². The highest BCUT2D eigenvalue weighted by Gasteiger charge is 2.26. The van der Waals surface area contributed by atoms with Crippen LogP contribution in [-0.4, -0.2) is 18.2 Å². The van der Waals surface area contributed by atoms with Gasteiger partial charge in [-0.15, -0.1) is 0 Å². The van der Waals surface area contributed by atoms with Crippen molar-refractivity contribution in [1.82, 2.24) is 3.97 Å². The van der Waals surface area contributed by atoms with E-state index in [1.165, 1.54) is 10.9 Å². The number of nitrogens with zero attached hydrogens (tertiary/aromatic N) is 1. The van der Waals surface area contributed by atoms with Crippen molar-refractivity contribution >= 4 is 49.3 Å². The fourth-order valence-corrected chi connectivity index (χ4v) is 5.59. The maximum atomic E-state index is 13.0. The number of carbonyl (C=O) groups is 1. The molecule has 0 fully saturated rings. The summed E-state index contributed by atoms with van der Waals surface area (Å²) in [5, 5.41) is 0.652. The SMILES string of the molecule is CC(=O)c1c(I)n(S(=O)(=O)c2ccccc2)c2ccccc12. The molecule has 0 amide bonds. The second kappa shape index (κ2) is 5.51. The minimum atomic E-state index is -3.75. The van der Waals surface area contributed by atoms with Crippen molar-refractivity contribution in [3.05, 3.63) is 63.9 Å². The van der Waals surface area contributed by atoms with E-state index in [0.717, 1.165) is 0 Å². The van der Waals surface area contributed by atoms with Crippen molar-refractivity contribution in [2.24, 2.45) is 0 Å². The number of carbonyl (C=O) groups excluding carboxylic acids is 1. The normalized spacial score (nSPS) is 11.7. The molecule has 0 bridgehead atoms. The average molecular weight is 425 g/mol. The van der Waals surface area contributed by atoms with Gasteiger partial charge in [-0.25, -0.2) is 12.4 Å². The number of ketones is 1. The number of hydrogen-bond acceptors (Lipinski definition) is 3. The van der Waals surface area contributed by atoms with Crippen LogP contribution in [0.5, 0.6) is 0 Å². The first-order valence-corrected chi connectivity index (χ1v) is 9.07. The highest BCUT2D eigenvalue weighted by Crippen LogP contribution is 2.31. The molecule has 0 N–H and O–H groups in total. The lowest BCUT2D eigenvalue weighted by molar-refractivity contribution is 0.101. The van der Waals surface area contributed by atoms with Gasteiger partial charge >= 0.3 is 0 Å². The molecular weight excluding hydrogens is 413 g/mol. The Hall–Kier alpha value is -1.67. The largest absolute Gasteiger partial charge is 0.294 e. The molecule has 2 aromatic carbocycles. The average Bonchev–Trinajstić information content (AvgIpc) is 2.80. The lowest BCUT2D eigenvalue weighted by atomic mass is 10.1. The van der Waals surface area contributed by atoms with Gasteiger partial charge in [0.25, 0.3) is 10.0 Å². The number of benzene rings is 2.